The molecule has 3 nitrogen and oxygen atoms in total. The lowest BCUT2D eigenvalue weighted by atomic mass is 9.97. The Labute approximate surface area is 124 Å². The van der Waals surface area contributed by atoms with E-state index in [4.69, 9.17) is 22.7 Å². The van der Waals surface area contributed by atoms with Crippen molar-refractivity contribution in [3.05, 3.63) is 35.1 Å². The molecule has 0 radical (unpaired) electrons. The normalized spacial score (nSPS) is 20.0. The van der Waals surface area contributed by atoms with E-state index in [0.29, 0.717) is 17.5 Å². The van der Waals surface area contributed by atoms with E-state index < -0.39 is 0 Å². The predicted octanol–water partition coefficient (Wildman–Crippen LogP) is 2.32. The fourth-order valence-electron chi connectivity index (χ4n) is 2.84. The van der Waals surface area contributed by atoms with Crippen LogP contribution in [0.2, 0.25) is 0 Å². The Balaban J connectivity index is 2.09. The van der Waals surface area contributed by atoms with Crippen molar-refractivity contribution in [3.63, 3.8) is 0 Å². The number of benzene rings is 1. The molecule has 1 aromatic carbocycles. The first-order chi connectivity index (χ1) is 9.60. The second-order valence-electron chi connectivity index (χ2n) is 5.36. The number of likely N-dealkylation sites (tertiary alicyclic amines) is 1. The van der Waals surface area contributed by atoms with Crippen molar-refractivity contribution in [3.8, 4) is 0 Å². The molecule has 110 valence electrons. The summed E-state index contributed by atoms with van der Waals surface area (Å²) in [6.45, 7) is 3.46. The maximum absolute atomic E-state index is 13.4. The molecule has 1 heterocycles. The zero-order chi connectivity index (χ0) is 14.5. The first-order valence-electron chi connectivity index (χ1n) is 6.89. The summed E-state index contributed by atoms with van der Waals surface area (Å²) in [4.78, 5) is 2.65. The van der Waals surface area contributed by atoms with E-state index in [-0.39, 0.29) is 5.82 Å². The van der Waals surface area contributed by atoms with Crippen LogP contribution in [0.3, 0.4) is 0 Å². The second kappa shape index (κ2) is 7.11. The van der Waals surface area contributed by atoms with Gasteiger partial charge in [0.25, 0.3) is 0 Å². The van der Waals surface area contributed by atoms with Crippen LogP contribution in [-0.2, 0) is 11.3 Å². The third kappa shape index (κ3) is 3.98. The van der Waals surface area contributed by atoms with E-state index >= 15 is 0 Å². The Morgan fingerprint density at radius 1 is 1.55 bits per heavy atom. The van der Waals surface area contributed by atoms with Crippen molar-refractivity contribution >= 4 is 17.2 Å². The molecule has 0 amide bonds. The summed E-state index contributed by atoms with van der Waals surface area (Å²) in [5.41, 5.74) is 7.36. The van der Waals surface area contributed by atoms with Crippen molar-refractivity contribution in [2.45, 2.75) is 19.4 Å². The molecule has 1 aromatic rings. The monoisotopic (exact) mass is 296 g/mol. The standard InChI is InChI=1S/C15H21FN2OS/c1-19-10-11-3-2-6-18(8-11)9-12-7-13(16)4-5-14(12)15(17)20/h4-5,7,11H,2-3,6,8-10H2,1H3,(H2,17,20). The highest BCUT2D eigenvalue weighted by atomic mass is 32.1. The van der Waals surface area contributed by atoms with Gasteiger partial charge in [0, 0.05) is 25.8 Å². The van der Waals surface area contributed by atoms with Crippen LogP contribution in [0.5, 0.6) is 0 Å². The van der Waals surface area contributed by atoms with Crippen LogP contribution in [0.4, 0.5) is 4.39 Å². The van der Waals surface area contributed by atoms with Gasteiger partial charge in [-0.2, -0.15) is 0 Å². The molecule has 0 saturated carbocycles. The van der Waals surface area contributed by atoms with Crippen LogP contribution in [-0.4, -0.2) is 36.7 Å². The Hall–Kier alpha value is -1.04. The summed E-state index contributed by atoms with van der Waals surface area (Å²) in [5, 5.41) is 0. The van der Waals surface area contributed by atoms with Crippen LogP contribution < -0.4 is 5.73 Å². The van der Waals surface area contributed by atoms with Gasteiger partial charge in [-0.05, 0) is 49.1 Å². The smallest absolute Gasteiger partial charge is 0.123 e. The molecule has 1 unspecified atom stereocenters. The summed E-state index contributed by atoms with van der Waals surface area (Å²) < 4.78 is 18.7. The molecule has 0 bridgehead atoms. The fraction of sp³-hybridized carbons (Fsp3) is 0.533. The molecule has 1 aliphatic rings. The first kappa shape index (κ1) is 15.4. The van der Waals surface area contributed by atoms with Crippen LogP contribution in [0, 0.1) is 11.7 Å². The molecule has 0 aliphatic carbocycles. The largest absolute Gasteiger partial charge is 0.389 e. The molecule has 1 aliphatic heterocycles. The number of hydrogen-bond acceptors (Lipinski definition) is 3. The van der Waals surface area contributed by atoms with Crippen molar-refractivity contribution < 1.29 is 9.13 Å². The van der Waals surface area contributed by atoms with E-state index in [1.54, 1.807) is 13.2 Å². The Morgan fingerprint density at radius 2 is 2.35 bits per heavy atom. The quantitative estimate of drug-likeness (QED) is 0.846. The minimum absolute atomic E-state index is 0.245. The second-order valence-corrected chi connectivity index (χ2v) is 5.80. The highest BCUT2D eigenvalue weighted by Gasteiger charge is 2.21. The number of rotatable bonds is 5. The number of nitrogens with two attached hydrogens (primary N) is 1. The number of thiocarbonyl (C=S) groups is 1. The summed E-state index contributed by atoms with van der Waals surface area (Å²) in [7, 11) is 1.73. The minimum Gasteiger partial charge on any atom is -0.389 e. The van der Waals surface area contributed by atoms with E-state index in [1.807, 2.05) is 0 Å². The molecular formula is C15H21FN2OS. The van der Waals surface area contributed by atoms with Crippen molar-refractivity contribution in [1.82, 2.24) is 4.90 Å². The van der Waals surface area contributed by atoms with Gasteiger partial charge in [-0.15, -0.1) is 0 Å². The topological polar surface area (TPSA) is 38.5 Å². The average Bonchev–Trinajstić information content (AvgIpc) is 2.39. The Kier molecular flexibility index (Phi) is 5.46. The average molecular weight is 296 g/mol. The summed E-state index contributed by atoms with van der Waals surface area (Å²) in [6.07, 6.45) is 2.33. The van der Waals surface area contributed by atoms with E-state index in [1.165, 1.54) is 18.6 Å². The van der Waals surface area contributed by atoms with Crippen LogP contribution in [0.1, 0.15) is 24.0 Å². The molecule has 2 rings (SSSR count). The van der Waals surface area contributed by atoms with Crippen LogP contribution in [0.25, 0.3) is 0 Å². The number of hydrogen-bond donors (Lipinski definition) is 1. The number of piperidine rings is 1. The third-order valence-electron chi connectivity index (χ3n) is 3.73. The van der Waals surface area contributed by atoms with Gasteiger partial charge in [0.2, 0.25) is 0 Å². The van der Waals surface area contributed by atoms with Gasteiger partial charge in [0.05, 0.1) is 6.61 Å². The van der Waals surface area contributed by atoms with Crippen LogP contribution in [0.15, 0.2) is 18.2 Å². The van der Waals surface area contributed by atoms with Crippen molar-refractivity contribution in [2.24, 2.45) is 11.7 Å². The first-order valence-corrected chi connectivity index (χ1v) is 7.30. The molecular weight excluding hydrogens is 275 g/mol. The molecule has 1 atom stereocenters. The van der Waals surface area contributed by atoms with E-state index in [9.17, 15) is 4.39 Å². The number of methoxy groups -OCH3 is 1. The van der Waals surface area contributed by atoms with Gasteiger partial charge in [-0.3, -0.25) is 4.90 Å². The maximum atomic E-state index is 13.4. The molecule has 20 heavy (non-hydrogen) atoms. The lowest BCUT2D eigenvalue weighted by molar-refractivity contribution is 0.0873. The lowest BCUT2D eigenvalue weighted by Crippen LogP contribution is -2.37. The predicted molar refractivity (Wildman–Crippen MR) is 82.2 cm³/mol. The third-order valence-corrected chi connectivity index (χ3v) is 3.95. The van der Waals surface area contributed by atoms with Crippen molar-refractivity contribution in [2.75, 3.05) is 26.8 Å². The number of ether oxygens (including phenoxy) is 1. The molecule has 5 heteroatoms. The zero-order valence-corrected chi connectivity index (χ0v) is 12.6. The van der Waals surface area contributed by atoms with Gasteiger partial charge in [-0.1, -0.05) is 12.2 Å². The SMILES string of the molecule is COCC1CCCN(Cc2cc(F)ccc2C(N)=S)C1. The van der Waals surface area contributed by atoms with Gasteiger partial charge < -0.3 is 10.5 Å². The van der Waals surface area contributed by atoms with Crippen molar-refractivity contribution in [1.29, 1.82) is 0 Å². The maximum Gasteiger partial charge on any atom is 0.123 e. The summed E-state index contributed by atoms with van der Waals surface area (Å²) >= 11 is 5.04. The number of halogens is 1. The highest BCUT2D eigenvalue weighted by molar-refractivity contribution is 7.80. The van der Waals surface area contributed by atoms with Crippen LogP contribution >= 0.6 is 12.2 Å². The van der Waals surface area contributed by atoms with Gasteiger partial charge in [-0.25, -0.2) is 4.39 Å². The Morgan fingerprint density at radius 3 is 3.05 bits per heavy atom. The van der Waals surface area contributed by atoms with Gasteiger partial charge in [0.15, 0.2) is 0 Å². The minimum atomic E-state index is -0.245. The highest BCUT2D eigenvalue weighted by Crippen LogP contribution is 2.21. The Bertz CT molecular complexity index is 479. The summed E-state index contributed by atoms with van der Waals surface area (Å²) in [6, 6.07) is 4.61. The number of nitrogens with zero attached hydrogens (tertiary/aromatic N) is 1. The van der Waals surface area contributed by atoms with Gasteiger partial charge >= 0.3 is 0 Å². The molecule has 0 spiro atoms. The van der Waals surface area contributed by atoms with E-state index in [0.717, 1.165) is 37.2 Å². The summed E-state index contributed by atoms with van der Waals surface area (Å²) in [5.74, 6) is 0.307. The zero-order valence-electron chi connectivity index (χ0n) is 11.8. The lowest BCUT2D eigenvalue weighted by Gasteiger charge is -2.32. The molecule has 2 N–H and O–H groups in total. The fourth-order valence-corrected chi connectivity index (χ4v) is 3.04. The molecule has 0 aromatic heterocycles. The van der Waals surface area contributed by atoms with Gasteiger partial charge in [0.1, 0.15) is 10.8 Å². The molecule has 1 saturated heterocycles. The van der Waals surface area contributed by atoms with E-state index in [2.05, 4.69) is 4.90 Å². The molecule has 1 fully saturated rings.